The Bertz CT molecular complexity index is 852. The minimum atomic E-state index is -1.23. The molecule has 0 spiro atoms. The van der Waals surface area contributed by atoms with E-state index in [9.17, 15) is 23.3 Å². The van der Waals surface area contributed by atoms with Crippen LogP contribution in [0.25, 0.3) is 6.08 Å². The quantitative estimate of drug-likeness (QED) is 0.581. The molecule has 0 aromatic heterocycles. The summed E-state index contributed by atoms with van der Waals surface area (Å²) in [4.78, 5) is 11.7. The Balaban J connectivity index is 2.56. The van der Waals surface area contributed by atoms with Crippen LogP contribution in [0.2, 0.25) is 0 Å². The average molecular weight is 352 g/mol. The largest absolute Gasteiger partial charge is 0.451 e. The molecule has 0 saturated heterocycles. The summed E-state index contributed by atoms with van der Waals surface area (Å²) >= 11 is 0. The van der Waals surface area contributed by atoms with Gasteiger partial charge in [0.2, 0.25) is 0 Å². The molecule has 0 aliphatic carbocycles. The number of hydrogen-bond acceptors (Lipinski definition) is 4. The first-order valence-corrected chi connectivity index (χ1v) is 7.15. The zero-order valence-electron chi connectivity index (χ0n) is 13.7. The van der Waals surface area contributed by atoms with Gasteiger partial charge in [-0.15, -0.1) is 0 Å². The van der Waals surface area contributed by atoms with Crippen molar-refractivity contribution in [3.05, 3.63) is 69.2 Å². The second-order valence-electron chi connectivity index (χ2n) is 5.48. The van der Waals surface area contributed by atoms with Gasteiger partial charge >= 0.3 is 0 Å². The summed E-state index contributed by atoms with van der Waals surface area (Å²) < 4.78 is 47.3. The van der Waals surface area contributed by atoms with Crippen molar-refractivity contribution in [1.29, 1.82) is 0 Å². The second kappa shape index (κ2) is 7.25. The molecular weight excluding hydrogens is 337 g/mol. The van der Waals surface area contributed by atoms with Gasteiger partial charge < -0.3 is 9.64 Å². The number of rotatable bonds is 5. The van der Waals surface area contributed by atoms with E-state index in [0.717, 1.165) is 12.1 Å². The fourth-order valence-electron chi connectivity index (χ4n) is 2.03. The van der Waals surface area contributed by atoms with E-state index in [1.54, 1.807) is 14.1 Å². The molecule has 25 heavy (non-hydrogen) atoms. The first kappa shape index (κ1) is 18.3. The number of nitrogens with zero attached hydrogens (tertiary/aromatic N) is 2. The number of ether oxygens (including phenoxy) is 1. The molecular formula is C17H15F3N2O3. The summed E-state index contributed by atoms with van der Waals surface area (Å²) in [5, 5.41) is 11.1. The Labute approximate surface area is 142 Å². The van der Waals surface area contributed by atoms with E-state index >= 15 is 0 Å². The van der Waals surface area contributed by atoms with Gasteiger partial charge in [0.1, 0.15) is 11.6 Å². The molecule has 0 aliphatic heterocycles. The Kier molecular flexibility index (Phi) is 5.31. The van der Waals surface area contributed by atoms with Gasteiger partial charge in [0.25, 0.3) is 5.69 Å². The lowest BCUT2D eigenvalue weighted by Gasteiger charge is -2.11. The third-order valence-electron chi connectivity index (χ3n) is 3.28. The fraction of sp³-hybridized carbons (Fsp3) is 0.176. The maximum Gasteiger partial charge on any atom is 0.282 e. The van der Waals surface area contributed by atoms with Gasteiger partial charge in [0.15, 0.2) is 17.4 Å². The topological polar surface area (TPSA) is 55.6 Å². The lowest BCUT2D eigenvalue weighted by molar-refractivity contribution is -0.385. The zero-order valence-corrected chi connectivity index (χ0v) is 13.7. The third-order valence-corrected chi connectivity index (χ3v) is 3.28. The molecule has 0 aliphatic rings. The molecule has 132 valence electrons. The summed E-state index contributed by atoms with van der Waals surface area (Å²) in [6, 6.07) is 4.16. The molecule has 0 fully saturated rings. The SMILES string of the molecule is Cc1cc(Oc2c(F)cc([N+](=O)[O-])c(/C=C/N(C)C)c2F)ccc1F. The van der Waals surface area contributed by atoms with Gasteiger partial charge in [-0.25, -0.2) is 13.2 Å². The van der Waals surface area contributed by atoms with Crippen LogP contribution in [0.1, 0.15) is 11.1 Å². The van der Waals surface area contributed by atoms with E-state index in [-0.39, 0.29) is 11.3 Å². The van der Waals surface area contributed by atoms with Crippen LogP contribution >= 0.6 is 0 Å². The summed E-state index contributed by atoms with van der Waals surface area (Å²) in [6.07, 6.45) is 2.53. The first-order chi connectivity index (χ1) is 11.7. The van der Waals surface area contributed by atoms with Gasteiger partial charge in [-0.3, -0.25) is 10.1 Å². The molecule has 0 heterocycles. The number of hydrogen-bond donors (Lipinski definition) is 0. The first-order valence-electron chi connectivity index (χ1n) is 7.15. The number of nitro benzene ring substituents is 1. The Hall–Kier alpha value is -3.03. The molecule has 2 aromatic carbocycles. The van der Waals surface area contributed by atoms with Crippen LogP contribution in [0.3, 0.4) is 0 Å². The second-order valence-corrected chi connectivity index (χ2v) is 5.48. The van der Waals surface area contributed by atoms with Crippen molar-refractivity contribution in [2.45, 2.75) is 6.92 Å². The fourth-order valence-corrected chi connectivity index (χ4v) is 2.03. The van der Waals surface area contributed by atoms with Crippen LogP contribution in [0.4, 0.5) is 18.9 Å². The van der Waals surface area contributed by atoms with Crippen LogP contribution in [0, 0.1) is 34.5 Å². The number of halogens is 3. The lowest BCUT2D eigenvalue weighted by atomic mass is 10.1. The Morgan fingerprint density at radius 2 is 1.84 bits per heavy atom. The summed E-state index contributed by atoms with van der Waals surface area (Å²) in [6.45, 7) is 1.47. The van der Waals surface area contributed by atoms with E-state index < -0.39 is 39.4 Å². The van der Waals surface area contributed by atoms with Crippen LogP contribution in [0.15, 0.2) is 30.5 Å². The normalized spacial score (nSPS) is 11.0. The van der Waals surface area contributed by atoms with Crippen LogP contribution < -0.4 is 4.74 Å². The summed E-state index contributed by atoms with van der Waals surface area (Å²) in [5.74, 6) is -3.73. The van der Waals surface area contributed by atoms with Crippen molar-refractivity contribution in [2.75, 3.05) is 14.1 Å². The maximum atomic E-state index is 14.7. The van der Waals surface area contributed by atoms with E-state index in [0.29, 0.717) is 6.07 Å². The predicted octanol–water partition coefficient (Wildman–Crippen LogP) is 4.65. The van der Waals surface area contributed by atoms with Crippen molar-refractivity contribution in [3.63, 3.8) is 0 Å². The highest BCUT2D eigenvalue weighted by molar-refractivity contribution is 5.64. The molecule has 0 unspecified atom stereocenters. The summed E-state index contributed by atoms with van der Waals surface area (Å²) in [7, 11) is 3.28. The predicted molar refractivity (Wildman–Crippen MR) is 86.9 cm³/mol. The molecule has 2 rings (SSSR count). The highest BCUT2D eigenvalue weighted by atomic mass is 19.1. The smallest absolute Gasteiger partial charge is 0.282 e. The minimum Gasteiger partial charge on any atom is -0.451 e. The average Bonchev–Trinajstić information content (AvgIpc) is 2.53. The molecule has 0 radical (unpaired) electrons. The minimum absolute atomic E-state index is 0.00749. The third kappa shape index (κ3) is 4.09. The van der Waals surface area contributed by atoms with E-state index in [1.807, 2.05) is 0 Å². The van der Waals surface area contributed by atoms with Gasteiger partial charge in [0.05, 0.1) is 16.6 Å². The monoisotopic (exact) mass is 352 g/mol. The standard InChI is InChI=1S/C17H15F3N2O3/c1-10-8-11(4-5-13(10)18)25-17-14(19)9-15(22(23)24)12(16(17)20)6-7-21(2)3/h4-9H,1-3H3/b7-6+. The van der Waals surface area contributed by atoms with Crippen LogP contribution in [-0.4, -0.2) is 23.9 Å². The highest BCUT2D eigenvalue weighted by Gasteiger charge is 2.25. The van der Waals surface area contributed by atoms with E-state index in [2.05, 4.69) is 0 Å². The molecule has 0 amide bonds. The molecule has 5 nitrogen and oxygen atoms in total. The lowest BCUT2D eigenvalue weighted by Crippen LogP contribution is -2.03. The van der Waals surface area contributed by atoms with Gasteiger partial charge in [-0.05, 0) is 43.0 Å². The van der Waals surface area contributed by atoms with Gasteiger partial charge in [-0.2, -0.15) is 0 Å². The van der Waals surface area contributed by atoms with Crippen molar-refractivity contribution in [2.24, 2.45) is 0 Å². The van der Waals surface area contributed by atoms with Crippen molar-refractivity contribution >= 4 is 11.8 Å². The number of nitro groups is 1. The van der Waals surface area contributed by atoms with Crippen molar-refractivity contribution in [1.82, 2.24) is 4.90 Å². The van der Waals surface area contributed by atoms with Gasteiger partial charge in [0, 0.05) is 14.1 Å². The summed E-state index contributed by atoms with van der Waals surface area (Å²) in [5.41, 5.74) is -0.919. The molecule has 0 atom stereocenters. The molecule has 2 aromatic rings. The van der Waals surface area contributed by atoms with E-state index in [4.69, 9.17) is 4.74 Å². The molecule has 0 saturated carbocycles. The number of benzene rings is 2. The molecule has 0 bridgehead atoms. The van der Waals surface area contributed by atoms with Gasteiger partial charge in [-0.1, -0.05) is 0 Å². The van der Waals surface area contributed by atoms with Crippen molar-refractivity contribution < 1.29 is 22.8 Å². The maximum absolute atomic E-state index is 14.7. The molecule has 0 N–H and O–H groups in total. The van der Waals surface area contributed by atoms with Crippen molar-refractivity contribution in [3.8, 4) is 11.5 Å². The Morgan fingerprint density at radius 3 is 2.40 bits per heavy atom. The van der Waals surface area contributed by atoms with Crippen LogP contribution in [0.5, 0.6) is 11.5 Å². The highest BCUT2D eigenvalue weighted by Crippen LogP contribution is 2.36. The van der Waals surface area contributed by atoms with Crippen LogP contribution in [-0.2, 0) is 0 Å². The Morgan fingerprint density at radius 1 is 1.16 bits per heavy atom. The molecule has 8 heteroatoms. The zero-order chi connectivity index (χ0) is 18.7. The van der Waals surface area contributed by atoms with E-state index in [1.165, 1.54) is 30.2 Å². The number of aryl methyl sites for hydroxylation is 1.